The summed E-state index contributed by atoms with van der Waals surface area (Å²) < 4.78 is 5.42. The fourth-order valence-corrected chi connectivity index (χ4v) is 3.20. The van der Waals surface area contributed by atoms with Crippen molar-refractivity contribution in [1.82, 2.24) is 10.2 Å². The number of guanidine groups is 1. The Kier molecular flexibility index (Phi) is 7.03. The number of nitrogens with one attached hydrogen (secondary N) is 1. The topological polar surface area (TPSA) is 36.9 Å². The van der Waals surface area contributed by atoms with Crippen LogP contribution in [0.5, 0.6) is 0 Å². The molecule has 0 spiro atoms. The third-order valence-electron chi connectivity index (χ3n) is 3.90. The second-order valence-corrected chi connectivity index (χ2v) is 6.35. The van der Waals surface area contributed by atoms with Crippen molar-refractivity contribution in [2.24, 2.45) is 10.9 Å². The average Bonchev–Trinajstić information content (AvgIpc) is 3.03. The van der Waals surface area contributed by atoms with Gasteiger partial charge < -0.3 is 15.0 Å². The normalized spacial score (nSPS) is 17.0. The predicted octanol–water partition coefficient (Wildman–Crippen LogP) is 2.96. The summed E-state index contributed by atoms with van der Waals surface area (Å²) in [5.74, 6) is 1.82. The van der Waals surface area contributed by atoms with Crippen molar-refractivity contribution in [2.45, 2.75) is 32.7 Å². The van der Waals surface area contributed by atoms with Crippen LogP contribution in [0.25, 0.3) is 0 Å². The van der Waals surface area contributed by atoms with Crippen LogP contribution in [0.2, 0.25) is 0 Å². The number of ether oxygens (including phenoxy) is 1. The van der Waals surface area contributed by atoms with Crippen LogP contribution in [0.3, 0.4) is 0 Å². The molecule has 0 saturated carbocycles. The van der Waals surface area contributed by atoms with Gasteiger partial charge in [0.1, 0.15) is 0 Å². The quantitative estimate of drug-likeness (QED) is 0.648. The van der Waals surface area contributed by atoms with Crippen molar-refractivity contribution in [3.8, 4) is 0 Å². The molecular weight excluding hydrogens is 282 g/mol. The molecule has 1 aromatic rings. The molecule has 1 aliphatic rings. The van der Waals surface area contributed by atoms with Crippen molar-refractivity contribution in [2.75, 3.05) is 33.4 Å². The van der Waals surface area contributed by atoms with Crippen LogP contribution in [0, 0.1) is 5.92 Å². The summed E-state index contributed by atoms with van der Waals surface area (Å²) in [5, 5.41) is 7.65. The highest BCUT2D eigenvalue weighted by Crippen LogP contribution is 2.18. The lowest BCUT2D eigenvalue weighted by atomic mass is 9.96. The van der Waals surface area contributed by atoms with Gasteiger partial charge in [0.25, 0.3) is 0 Å². The summed E-state index contributed by atoms with van der Waals surface area (Å²) in [6.07, 6.45) is 3.63. The molecule has 0 aliphatic carbocycles. The summed E-state index contributed by atoms with van der Waals surface area (Å²) in [6, 6.07) is 2.14. The first-order valence-corrected chi connectivity index (χ1v) is 8.82. The van der Waals surface area contributed by atoms with Crippen LogP contribution in [-0.4, -0.2) is 44.2 Å². The molecule has 0 atom stereocenters. The minimum Gasteiger partial charge on any atom is -0.381 e. The molecule has 0 aromatic carbocycles. The summed E-state index contributed by atoms with van der Waals surface area (Å²) in [5.41, 5.74) is 1.29. The molecule has 2 heterocycles. The Bertz CT molecular complexity index is 413. The van der Waals surface area contributed by atoms with E-state index in [2.05, 4.69) is 41.0 Å². The molecule has 0 bridgehead atoms. The van der Waals surface area contributed by atoms with Gasteiger partial charge in [0.2, 0.25) is 0 Å². The van der Waals surface area contributed by atoms with Crippen LogP contribution >= 0.6 is 11.3 Å². The van der Waals surface area contributed by atoms with Gasteiger partial charge in [0.15, 0.2) is 5.96 Å². The van der Waals surface area contributed by atoms with Gasteiger partial charge in [-0.3, -0.25) is 0 Å². The monoisotopic (exact) mass is 309 g/mol. The van der Waals surface area contributed by atoms with E-state index >= 15 is 0 Å². The van der Waals surface area contributed by atoms with Gasteiger partial charge in [0, 0.05) is 33.4 Å². The molecule has 2 rings (SSSR count). The highest BCUT2D eigenvalue weighted by Gasteiger charge is 2.15. The molecule has 118 valence electrons. The molecule has 5 heteroatoms. The SMILES string of the molecule is CCNC(=NCc1ccsc1)N(C)CCC1CCOCC1. The van der Waals surface area contributed by atoms with Crippen molar-refractivity contribution in [1.29, 1.82) is 0 Å². The summed E-state index contributed by atoms with van der Waals surface area (Å²) in [6.45, 7) is 6.70. The van der Waals surface area contributed by atoms with Crippen molar-refractivity contribution >= 4 is 17.3 Å². The maximum absolute atomic E-state index is 5.42. The Morgan fingerprint density at radius 1 is 1.48 bits per heavy atom. The number of hydrogen-bond acceptors (Lipinski definition) is 3. The molecule has 21 heavy (non-hydrogen) atoms. The summed E-state index contributed by atoms with van der Waals surface area (Å²) in [4.78, 5) is 6.99. The zero-order valence-corrected chi connectivity index (χ0v) is 14.0. The smallest absolute Gasteiger partial charge is 0.193 e. The zero-order chi connectivity index (χ0) is 14.9. The van der Waals surface area contributed by atoms with E-state index in [0.29, 0.717) is 0 Å². The Labute approximate surface area is 132 Å². The first-order valence-electron chi connectivity index (χ1n) is 7.88. The molecular formula is C16H27N3OS. The van der Waals surface area contributed by atoms with Crippen molar-refractivity contribution in [3.05, 3.63) is 22.4 Å². The van der Waals surface area contributed by atoms with Gasteiger partial charge in [-0.25, -0.2) is 4.99 Å². The minimum absolute atomic E-state index is 0.757. The number of aliphatic imine (C=N–C) groups is 1. The maximum atomic E-state index is 5.42. The first kappa shape index (κ1) is 16.3. The summed E-state index contributed by atoms with van der Waals surface area (Å²) >= 11 is 1.73. The molecule has 1 N–H and O–H groups in total. The highest BCUT2D eigenvalue weighted by molar-refractivity contribution is 7.07. The third kappa shape index (κ3) is 5.67. The fourth-order valence-electron chi connectivity index (χ4n) is 2.54. The van der Waals surface area contributed by atoms with E-state index < -0.39 is 0 Å². The van der Waals surface area contributed by atoms with Gasteiger partial charge in [-0.15, -0.1) is 0 Å². The number of hydrogen-bond donors (Lipinski definition) is 1. The van der Waals surface area contributed by atoms with Gasteiger partial charge in [-0.05, 0) is 54.5 Å². The van der Waals surface area contributed by atoms with E-state index in [1.54, 1.807) is 11.3 Å². The Morgan fingerprint density at radius 2 is 2.29 bits per heavy atom. The van der Waals surface area contributed by atoms with E-state index in [1.165, 1.54) is 24.8 Å². The van der Waals surface area contributed by atoms with Crippen molar-refractivity contribution < 1.29 is 4.74 Å². The highest BCUT2D eigenvalue weighted by atomic mass is 32.1. The number of nitrogens with zero attached hydrogens (tertiary/aromatic N) is 2. The van der Waals surface area contributed by atoms with Gasteiger partial charge in [0.05, 0.1) is 6.54 Å². The molecule has 0 radical (unpaired) electrons. The van der Waals surface area contributed by atoms with Crippen LogP contribution in [-0.2, 0) is 11.3 Å². The lowest BCUT2D eigenvalue weighted by molar-refractivity contribution is 0.0625. The average molecular weight is 309 g/mol. The fraction of sp³-hybridized carbons (Fsp3) is 0.688. The molecule has 1 aromatic heterocycles. The van der Waals surface area contributed by atoms with Crippen molar-refractivity contribution in [3.63, 3.8) is 0 Å². The molecule has 1 saturated heterocycles. The van der Waals surface area contributed by atoms with E-state index in [-0.39, 0.29) is 0 Å². The largest absolute Gasteiger partial charge is 0.381 e. The van der Waals surface area contributed by atoms with Crippen LogP contribution in [0.15, 0.2) is 21.8 Å². The van der Waals surface area contributed by atoms with Gasteiger partial charge >= 0.3 is 0 Å². The van der Waals surface area contributed by atoms with Crippen LogP contribution in [0.4, 0.5) is 0 Å². The lowest BCUT2D eigenvalue weighted by Gasteiger charge is -2.26. The minimum atomic E-state index is 0.757. The van der Waals surface area contributed by atoms with Gasteiger partial charge in [-0.2, -0.15) is 11.3 Å². The Morgan fingerprint density at radius 3 is 2.95 bits per heavy atom. The van der Waals surface area contributed by atoms with Crippen LogP contribution in [0.1, 0.15) is 31.7 Å². The molecule has 0 amide bonds. The molecule has 1 fully saturated rings. The molecule has 1 aliphatic heterocycles. The number of thiophene rings is 1. The van der Waals surface area contributed by atoms with E-state index in [9.17, 15) is 0 Å². The first-order chi connectivity index (χ1) is 10.3. The predicted molar refractivity (Wildman–Crippen MR) is 89.9 cm³/mol. The third-order valence-corrected chi connectivity index (χ3v) is 4.63. The lowest BCUT2D eigenvalue weighted by Crippen LogP contribution is -2.40. The van der Waals surface area contributed by atoms with E-state index in [0.717, 1.165) is 44.7 Å². The summed E-state index contributed by atoms with van der Waals surface area (Å²) in [7, 11) is 2.13. The van der Waals surface area contributed by atoms with Gasteiger partial charge in [-0.1, -0.05) is 0 Å². The van der Waals surface area contributed by atoms with E-state index in [1.807, 2.05) is 0 Å². The maximum Gasteiger partial charge on any atom is 0.193 e. The zero-order valence-electron chi connectivity index (χ0n) is 13.2. The number of rotatable bonds is 6. The Balaban J connectivity index is 1.82. The standard InChI is InChI=1S/C16H27N3OS/c1-3-17-16(18-12-15-7-11-21-13-15)19(2)8-4-14-5-9-20-10-6-14/h7,11,13-14H,3-6,8-10,12H2,1-2H3,(H,17,18). The second-order valence-electron chi connectivity index (χ2n) is 5.57. The Hall–Kier alpha value is -1.07. The van der Waals surface area contributed by atoms with Crippen LogP contribution < -0.4 is 5.32 Å². The molecule has 0 unspecified atom stereocenters. The second kappa shape index (κ2) is 9.05. The molecule has 4 nitrogen and oxygen atoms in total. The van der Waals surface area contributed by atoms with E-state index in [4.69, 9.17) is 9.73 Å².